The summed E-state index contributed by atoms with van der Waals surface area (Å²) in [6, 6.07) is 5.84. The van der Waals surface area contributed by atoms with Crippen molar-refractivity contribution in [2.24, 2.45) is 0 Å². The molecule has 1 heterocycles. The van der Waals surface area contributed by atoms with Crippen LogP contribution in [0.1, 0.15) is 32.0 Å². The number of aliphatic hydroxyl groups excluding tert-OH is 1. The molecule has 0 bridgehead atoms. The molecule has 0 saturated heterocycles. The smallest absolute Gasteiger partial charge is 0.109 e. The van der Waals surface area contributed by atoms with Crippen molar-refractivity contribution in [3.63, 3.8) is 0 Å². The summed E-state index contributed by atoms with van der Waals surface area (Å²) in [6.07, 6.45) is 3.86. The first kappa shape index (κ1) is 13.4. The van der Waals surface area contributed by atoms with E-state index in [9.17, 15) is 0 Å². The summed E-state index contributed by atoms with van der Waals surface area (Å²) in [5, 5.41) is 9.67. The molecule has 0 aliphatic rings. The van der Waals surface area contributed by atoms with E-state index in [4.69, 9.17) is 16.7 Å². The molecule has 1 aromatic heterocycles. The van der Waals surface area contributed by atoms with E-state index in [0.717, 1.165) is 54.1 Å². The summed E-state index contributed by atoms with van der Waals surface area (Å²) in [6.45, 7) is 3.37. The number of fused-ring (bicyclic) bond motifs is 1. The minimum absolute atomic E-state index is 0.206. The molecule has 0 saturated carbocycles. The molecule has 0 amide bonds. The number of imidazole rings is 1. The lowest BCUT2D eigenvalue weighted by Crippen LogP contribution is -2.05. The van der Waals surface area contributed by atoms with Crippen molar-refractivity contribution in [2.45, 2.75) is 39.2 Å². The minimum atomic E-state index is 0.206. The standard InChI is InChI=1S/C14H19ClN2O/c1-2-3-8-17-13-7-6-11(15)10-12(13)16-14(17)5-4-9-18/h6-7,10,18H,2-5,8-9H2,1H3. The van der Waals surface area contributed by atoms with Crippen molar-refractivity contribution >= 4 is 22.6 Å². The number of hydrogen-bond donors (Lipinski definition) is 1. The maximum Gasteiger partial charge on any atom is 0.109 e. The second-order valence-corrected chi connectivity index (χ2v) is 4.93. The minimum Gasteiger partial charge on any atom is -0.396 e. The average Bonchev–Trinajstić information content (AvgIpc) is 2.70. The number of unbranched alkanes of at least 4 members (excludes halogenated alkanes) is 1. The van der Waals surface area contributed by atoms with Gasteiger partial charge in [-0.1, -0.05) is 24.9 Å². The Morgan fingerprint density at radius 3 is 2.89 bits per heavy atom. The zero-order valence-corrected chi connectivity index (χ0v) is 11.5. The van der Waals surface area contributed by atoms with E-state index in [1.165, 1.54) is 0 Å². The predicted molar refractivity (Wildman–Crippen MR) is 75.1 cm³/mol. The summed E-state index contributed by atoms with van der Waals surface area (Å²) in [7, 11) is 0. The van der Waals surface area contributed by atoms with Crippen LogP contribution in [0.15, 0.2) is 18.2 Å². The topological polar surface area (TPSA) is 38.0 Å². The summed E-state index contributed by atoms with van der Waals surface area (Å²) in [4.78, 5) is 4.63. The molecular weight excluding hydrogens is 248 g/mol. The number of aliphatic hydroxyl groups is 1. The van der Waals surface area contributed by atoms with Gasteiger partial charge in [0.25, 0.3) is 0 Å². The molecular formula is C14H19ClN2O. The molecule has 2 rings (SSSR count). The molecule has 0 radical (unpaired) electrons. The Bertz CT molecular complexity index is 522. The zero-order chi connectivity index (χ0) is 13.0. The highest BCUT2D eigenvalue weighted by atomic mass is 35.5. The molecule has 3 nitrogen and oxygen atoms in total. The normalized spacial score (nSPS) is 11.3. The van der Waals surface area contributed by atoms with Crippen LogP contribution in [0.3, 0.4) is 0 Å². The zero-order valence-electron chi connectivity index (χ0n) is 10.7. The molecule has 98 valence electrons. The van der Waals surface area contributed by atoms with Crippen LogP contribution < -0.4 is 0 Å². The summed E-state index contributed by atoms with van der Waals surface area (Å²) in [5.74, 6) is 1.05. The lowest BCUT2D eigenvalue weighted by atomic mass is 10.2. The third-order valence-corrected chi connectivity index (χ3v) is 3.32. The van der Waals surface area contributed by atoms with E-state index in [1.807, 2.05) is 18.2 Å². The Hall–Kier alpha value is -1.06. The molecule has 0 aliphatic carbocycles. The van der Waals surface area contributed by atoms with Gasteiger partial charge in [-0.2, -0.15) is 0 Å². The van der Waals surface area contributed by atoms with Gasteiger partial charge in [0.1, 0.15) is 5.82 Å². The van der Waals surface area contributed by atoms with Crippen molar-refractivity contribution in [3.05, 3.63) is 29.0 Å². The predicted octanol–water partition coefficient (Wildman–Crippen LogP) is 3.41. The molecule has 18 heavy (non-hydrogen) atoms. The van der Waals surface area contributed by atoms with Crippen LogP contribution in [-0.2, 0) is 13.0 Å². The first-order valence-electron chi connectivity index (χ1n) is 6.51. The van der Waals surface area contributed by atoms with Crippen LogP contribution in [-0.4, -0.2) is 21.3 Å². The Morgan fingerprint density at radius 2 is 2.17 bits per heavy atom. The maximum atomic E-state index is 8.96. The largest absolute Gasteiger partial charge is 0.396 e. The van der Waals surface area contributed by atoms with Gasteiger partial charge in [0.15, 0.2) is 0 Å². The molecule has 0 atom stereocenters. The van der Waals surface area contributed by atoms with Gasteiger partial charge in [-0.3, -0.25) is 0 Å². The van der Waals surface area contributed by atoms with Crippen LogP contribution in [0.4, 0.5) is 0 Å². The van der Waals surface area contributed by atoms with Crippen molar-refractivity contribution < 1.29 is 5.11 Å². The van der Waals surface area contributed by atoms with Gasteiger partial charge in [-0.15, -0.1) is 0 Å². The fourth-order valence-electron chi connectivity index (χ4n) is 2.15. The first-order chi connectivity index (χ1) is 8.76. The molecule has 4 heteroatoms. The molecule has 0 aliphatic heterocycles. The summed E-state index contributed by atoms with van der Waals surface area (Å²) < 4.78 is 2.25. The van der Waals surface area contributed by atoms with E-state index in [2.05, 4.69) is 16.5 Å². The number of benzene rings is 1. The van der Waals surface area contributed by atoms with Gasteiger partial charge in [0, 0.05) is 24.6 Å². The van der Waals surface area contributed by atoms with Crippen molar-refractivity contribution in [3.8, 4) is 0 Å². The van der Waals surface area contributed by atoms with Gasteiger partial charge in [-0.05, 0) is 31.0 Å². The number of rotatable bonds is 6. The quantitative estimate of drug-likeness (QED) is 0.870. The first-order valence-corrected chi connectivity index (χ1v) is 6.89. The van der Waals surface area contributed by atoms with E-state index in [0.29, 0.717) is 0 Å². The number of nitrogens with zero attached hydrogens (tertiary/aromatic N) is 2. The summed E-state index contributed by atoms with van der Waals surface area (Å²) >= 11 is 6.00. The fraction of sp³-hybridized carbons (Fsp3) is 0.500. The van der Waals surface area contributed by atoms with E-state index in [1.54, 1.807) is 0 Å². The number of aryl methyl sites for hydroxylation is 2. The molecule has 0 spiro atoms. The highest BCUT2D eigenvalue weighted by Gasteiger charge is 2.10. The van der Waals surface area contributed by atoms with E-state index in [-0.39, 0.29) is 6.61 Å². The lowest BCUT2D eigenvalue weighted by Gasteiger charge is -2.07. The van der Waals surface area contributed by atoms with E-state index >= 15 is 0 Å². The van der Waals surface area contributed by atoms with E-state index < -0.39 is 0 Å². The van der Waals surface area contributed by atoms with Gasteiger partial charge >= 0.3 is 0 Å². The van der Waals surface area contributed by atoms with Crippen LogP contribution in [0.25, 0.3) is 11.0 Å². The van der Waals surface area contributed by atoms with Gasteiger partial charge in [0.2, 0.25) is 0 Å². The Morgan fingerprint density at radius 1 is 1.33 bits per heavy atom. The molecule has 1 N–H and O–H groups in total. The second-order valence-electron chi connectivity index (χ2n) is 4.49. The van der Waals surface area contributed by atoms with Crippen molar-refractivity contribution in [1.82, 2.24) is 9.55 Å². The molecule has 0 fully saturated rings. The molecule has 0 unspecified atom stereocenters. The van der Waals surface area contributed by atoms with Crippen molar-refractivity contribution in [2.75, 3.05) is 6.61 Å². The maximum absolute atomic E-state index is 8.96. The average molecular weight is 267 g/mol. The van der Waals surface area contributed by atoms with Crippen LogP contribution >= 0.6 is 11.6 Å². The Balaban J connectivity index is 2.39. The van der Waals surface area contributed by atoms with Crippen molar-refractivity contribution in [1.29, 1.82) is 0 Å². The van der Waals surface area contributed by atoms with Crippen LogP contribution in [0.5, 0.6) is 0 Å². The highest BCUT2D eigenvalue weighted by molar-refractivity contribution is 6.31. The lowest BCUT2D eigenvalue weighted by molar-refractivity contribution is 0.287. The molecule has 2 aromatic rings. The van der Waals surface area contributed by atoms with Gasteiger partial charge in [-0.25, -0.2) is 4.98 Å². The van der Waals surface area contributed by atoms with Gasteiger partial charge in [0.05, 0.1) is 11.0 Å². The third-order valence-electron chi connectivity index (χ3n) is 3.08. The number of hydrogen-bond acceptors (Lipinski definition) is 2. The third kappa shape index (κ3) is 2.85. The molecule has 1 aromatic carbocycles. The fourth-order valence-corrected chi connectivity index (χ4v) is 2.31. The Kier molecular flexibility index (Phi) is 4.61. The van der Waals surface area contributed by atoms with Gasteiger partial charge < -0.3 is 9.67 Å². The number of aromatic nitrogens is 2. The SMILES string of the molecule is CCCCn1c(CCCO)nc2cc(Cl)ccc21. The summed E-state index contributed by atoms with van der Waals surface area (Å²) in [5.41, 5.74) is 2.09. The monoisotopic (exact) mass is 266 g/mol. The highest BCUT2D eigenvalue weighted by Crippen LogP contribution is 2.21. The Labute approximate surface area is 112 Å². The van der Waals surface area contributed by atoms with Crippen LogP contribution in [0, 0.1) is 0 Å². The number of halogens is 1. The van der Waals surface area contributed by atoms with Crippen LogP contribution in [0.2, 0.25) is 5.02 Å². The second kappa shape index (κ2) is 6.21.